The van der Waals surface area contributed by atoms with Crippen molar-refractivity contribution in [3.63, 3.8) is 0 Å². The molecule has 1 heterocycles. The molecule has 108 valence electrons. The van der Waals surface area contributed by atoms with Crippen LogP contribution in [0.5, 0.6) is 0 Å². The van der Waals surface area contributed by atoms with Gasteiger partial charge in [-0.15, -0.1) is 0 Å². The number of para-hydroxylation sites is 2. The number of hydrogen-bond donors (Lipinski definition) is 2. The summed E-state index contributed by atoms with van der Waals surface area (Å²) in [6.45, 7) is 5.78. The molecule has 0 radical (unpaired) electrons. The molecule has 2 aromatic rings. The van der Waals surface area contributed by atoms with Crippen LogP contribution in [0.3, 0.4) is 0 Å². The summed E-state index contributed by atoms with van der Waals surface area (Å²) in [6.07, 6.45) is 0.543. The molecule has 1 aromatic carbocycles. The molecule has 20 heavy (non-hydrogen) atoms. The van der Waals surface area contributed by atoms with Gasteiger partial charge in [-0.1, -0.05) is 12.1 Å². The van der Waals surface area contributed by atoms with Crippen LogP contribution in [0.4, 0.5) is 0 Å². The highest BCUT2D eigenvalue weighted by atomic mass is 16.5. The number of hydrogen-bond acceptors (Lipinski definition) is 4. The molecule has 0 saturated heterocycles. The van der Waals surface area contributed by atoms with Gasteiger partial charge in [0.05, 0.1) is 29.1 Å². The number of ether oxygens (including phenoxy) is 1. The molecular formula is C15H21N3O2. The number of aromatic amines is 1. The molecule has 2 rings (SSSR count). The van der Waals surface area contributed by atoms with Crippen molar-refractivity contribution in [3.8, 4) is 0 Å². The van der Waals surface area contributed by atoms with Crippen LogP contribution < -0.4 is 5.73 Å². The second-order valence-electron chi connectivity index (χ2n) is 5.92. The van der Waals surface area contributed by atoms with Crippen LogP contribution >= 0.6 is 0 Å². The minimum atomic E-state index is -0.483. The van der Waals surface area contributed by atoms with Gasteiger partial charge in [-0.25, -0.2) is 4.98 Å². The highest BCUT2D eigenvalue weighted by Gasteiger charge is 2.23. The first-order valence-electron chi connectivity index (χ1n) is 6.75. The molecule has 0 saturated carbocycles. The highest BCUT2D eigenvalue weighted by Crippen LogP contribution is 2.18. The number of H-pyrrole nitrogens is 1. The second kappa shape index (κ2) is 5.63. The fourth-order valence-electron chi connectivity index (χ4n) is 1.78. The van der Waals surface area contributed by atoms with E-state index in [1.807, 2.05) is 45.0 Å². The van der Waals surface area contributed by atoms with Gasteiger partial charge in [0.25, 0.3) is 0 Å². The SMILES string of the molecule is CC(C)(C)C(=O)OCCC(N)c1nc2ccccc2[nH]1. The number of nitrogens with zero attached hydrogens (tertiary/aromatic N) is 1. The normalized spacial score (nSPS) is 13.4. The van der Waals surface area contributed by atoms with Gasteiger partial charge < -0.3 is 15.5 Å². The van der Waals surface area contributed by atoms with Crippen LogP contribution in [0, 0.1) is 5.41 Å². The molecule has 5 heteroatoms. The van der Waals surface area contributed by atoms with E-state index in [-0.39, 0.29) is 12.0 Å². The van der Waals surface area contributed by atoms with Gasteiger partial charge in [0.15, 0.2) is 0 Å². The predicted octanol–water partition coefficient (Wildman–Crippen LogP) is 2.54. The molecule has 1 unspecified atom stereocenters. The van der Waals surface area contributed by atoms with E-state index in [1.54, 1.807) is 0 Å². The van der Waals surface area contributed by atoms with Gasteiger partial charge in [0.2, 0.25) is 0 Å². The van der Waals surface area contributed by atoms with Gasteiger partial charge >= 0.3 is 5.97 Å². The van der Waals surface area contributed by atoms with Crippen molar-refractivity contribution in [1.29, 1.82) is 0 Å². The fourth-order valence-corrected chi connectivity index (χ4v) is 1.78. The molecule has 3 N–H and O–H groups in total. The average molecular weight is 275 g/mol. The number of imidazole rings is 1. The van der Waals surface area contributed by atoms with Crippen molar-refractivity contribution in [1.82, 2.24) is 9.97 Å². The Morgan fingerprint density at radius 3 is 2.75 bits per heavy atom. The summed E-state index contributed by atoms with van der Waals surface area (Å²) in [5.74, 6) is 0.507. The summed E-state index contributed by atoms with van der Waals surface area (Å²) in [4.78, 5) is 19.3. The van der Waals surface area contributed by atoms with E-state index in [2.05, 4.69) is 9.97 Å². The van der Waals surface area contributed by atoms with Gasteiger partial charge in [-0.05, 0) is 32.9 Å². The van der Waals surface area contributed by atoms with Crippen molar-refractivity contribution in [2.75, 3.05) is 6.61 Å². The molecule has 0 amide bonds. The zero-order valence-electron chi connectivity index (χ0n) is 12.1. The van der Waals surface area contributed by atoms with E-state index in [1.165, 1.54) is 0 Å². The Morgan fingerprint density at radius 1 is 1.40 bits per heavy atom. The standard InChI is InChI=1S/C15H21N3O2/c1-15(2,3)14(19)20-9-8-10(16)13-17-11-6-4-5-7-12(11)18-13/h4-7,10H,8-9,16H2,1-3H3,(H,17,18). The van der Waals surface area contributed by atoms with E-state index in [0.29, 0.717) is 13.0 Å². The average Bonchev–Trinajstić information content (AvgIpc) is 2.81. The number of nitrogens with one attached hydrogen (secondary N) is 1. The monoisotopic (exact) mass is 275 g/mol. The minimum Gasteiger partial charge on any atom is -0.465 e. The van der Waals surface area contributed by atoms with Gasteiger partial charge in [-0.3, -0.25) is 4.79 Å². The summed E-state index contributed by atoms with van der Waals surface area (Å²) >= 11 is 0. The molecule has 1 atom stereocenters. The number of esters is 1. The number of rotatable bonds is 4. The second-order valence-corrected chi connectivity index (χ2v) is 5.92. The van der Waals surface area contributed by atoms with Crippen LogP contribution in [-0.4, -0.2) is 22.5 Å². The lowest BCUT2D eigenvalue weighted by atomic mass is 9.97. The topological polar surface area (TPSA) is 81.0 Å². The summed E-state index contributed by atoms with van der Waals surface area (Å²) in [5, 5.41) is 0. The third-order valence-corrected chi connectivity index (χ3v) is 3.03. The van der Waals surface area contributed by atoms with E-state index < -0.39 is 5.41 Å². The van der Waals surface area contributed by atoms with Crippen molar-refractivity contribution in [2.24, 2.45) is 11.1 Å². The maximum Gasteiger partial charge on any atom is 0.311 e. The highest BCUT2D eigenvalue weighted by molar-refractivity contribution is 5.75. The van der Waals surface area contributed by atoms with E-state index in [4.69, 9.17) is 10.5 Å². The Bertz CT molecular complexity index is 565. The van der Waals surface area contributed by atoms with E-state index >= 15 is 0 Å². The zero-order chi connectivity index (χ0) is 14.8. The first-order chi connectivity index (χ1) is 9.38. The number of nitrogens with two attached hydrogens (primary N) is 1. The third kappa shape index (κ3) is 3.36. The lowest BCUT2D eigenvalue weighted by molar-refractivity contribution is -0.153. The number of aromatic nitrogens is 2. The Balaban J connectivity index is 1.92. The first-order valence-corrected chi connectivity index (χ1v) is 6.75. The molecular weight excluding hydrogens is 254 g/mol. The Kier molecular flexibility index (Phi) is 4.09. The zero-order valence-corrected chi connectivity index (χ0v) is 12.1. The quantitative estimate of drug-likeness (QED) is 0.840. The lowest BCUT2D eigenvalue weighted by Crippen LogP contribution is -2.24. The van der Waals surface area contributed by atoms with Crippen LogP contribution in [0.1, 0.15) is 39.1 Å². The molecule has 0 aliphatic carbocycles. The van der Waals surface area contributed by atoms with Crippen LogP contribution in [0.2, 0.25) is 0 Å². The number of carbonyl (C=O) groups is 1. The van der Waals surface area contributed by atoms with Crippen molar-refractivity contribution < 1.29 is 9.53 Å². The van der Waals surface area contributed by atoms with E-state index in [0.717, 1.165) is 16.9 Å². The summed E-state index contributed by atoms with van der Waals surface area (Å²) in [5.41, 5.74) is 7.44. The Labute approximate surface area is 118 Å². The Hall–Kier alpha value is -1.88. The summed E-state index contributed by atoms with van der Waals surface area (Å²) < 4.78 is 5.21. The molecule has 0 fully saturated rings. The van der Waals surface area contributed by atoms with Gasteiger partial charge in [0, 0.05) is 6.42 Å². The van der Waals surface area contributed by atoms with Crippen molar-refractivity contribution in [2.45, 2.75) is 33.2 Å². The largest absolute Gasteiger partial charge is 0.465 e. The van der Waals surface area contributed by atoms with Gasteiger partial charge in [0.1, 0.15) is 5.82 Å². The smallest absolute Gasteiger partial charge is 0.311 e. The number of carbonyl (C=O) groups excluding carboxylic acids is 1. The Morgan fingerprint density at radius 2 is 2.10 bits per heavy atom. The third-order valence-electron chi connectivity index (χ3n) is 3.03. The summed E-state index contributed by atoms with van der Waals surface area (Å²) in [6, 6.07) is 7.50. The van der Waals surface area contributed by atoms with Crippen LogP contribution in [-0.2, 0) is 9.53 Å². The van der Waals surface area contributed by atoms with Crippen molar-refractivity contribution in [3.05, 3.63) is 30.1 Å². The maximum atomic E-state index is 11.6. The molecule has 1 aromatic heterocycles. The molecule has 5 nitrogen and oxygen atoms in total. The predicted molar refractivity (Wildman–Crippen MR) is 78.1 cm³/mol. The molecule has 0 aliphatic heterocycles. The lowest BCUT2D eigenvalue weighted by Gasteiger charge is -2.17. The van der Waals surface area contributed by atoms with E-state index in [9.17, 15) is 4.79 Å². The molecule has 0 spiro atoms. The fraction of sp³-hybridized carbons (Fsp3) is 0.467. The number of benzene rings is 1. The summed E-state index contributed by atoms with van der Waals surface area (Å²) in [7, 11) is 0. The molecule has 0 bridgehead atoms. The van der Waals surface area contributed by atoms with Crippen LogP contribution in [0.15, 0.2) is 24.3 Å². The number of fused-ring (bicyclic) bond motifs is 1. The van der Waals surface area contributed by atoms with Crippen LogP contribution in [0.25, 0.3) is 11.0 Å². The van der Waals surface area contributed by atoms with Crippen molar-refractivity contribution >= 4 is 17.0 Å². The minimum absolute atomic E-state index is 0.214. The van der Waals surface area contributed by atoms with Gasteiger partial charge in [-0.2, -0.15) is 0 Å². The maximum absolute atomic E-state index is 11.6. The molecule has 0 aliphatic rings. The first kappa shape index (κ1) is 14.5.